The Balaban J connectivity index is 1.37. The summed E-state index contributed by atoms with van der Waals surface area (Å²) in [4.78, 5) is 40.5. The number of ketones is 1. The second-order valence-corrected chi connectivity index (χ2v) is 9.00. The number of nitrogens with one attached hydrogen (secondary N) is 1. The molecule has 7 nitrogen and oxygen atoms in total. The topological polar surface area (TPSA) is 84.9 Å². The monoisotopic (exact) mass is 468 g/mol. The third kappa shape index (κ3) is 5.05. The van der Waals surface area contributed by atoms with Gasteiger partial charge in [0.15, 0.2) is 17.3 Å². The number of hydrogen-bond acceptors (Lipinski definition) is 5. The minimum absolute atomic E-state index is 0.0253. The third-order valence-corrected chi connectivity index (χ3v) is 6.34. The van der Waals surface area contributed by atoms with E-state index >= 15 is 0 Å². The molecule has 0 radical (unpaired) electrons. The first-order valence-corrected chi connectivity index (χ1v) is 11.6. The summed E-state index contributed by atoms with van der Waals surface area (Å²) in [7, 11) is 0. The molecule has 0 saturated carbocycles. The van der Waals surface area contributed by atoms with E-state index in [0.717, 1.165) is 0 Å². The van der Waals surface area contributed by atoms with Crippen LogP contribution in [0.4, 0.5) is 4.39 Å². The molecule has 4 rings (SSSR count). The van der Waals surface area contributed by atoms with Crippen molar-refractivity contribution >= 4 is 17.6 Å². The van der Waals surface area contributed by atoms with E-state index in [4.69, 9.17) is 9.47 Å². The van der Waals surface area contributed by atoms with Crippen LogP contribution in [0, 0.1) is 17.7 Å². The molecule has 0 bridgehead atoms. The van der Waals surface area contributed by atoms with Gasteiger partial charge < -0.3 is 19.7 Å². The highest BCUT2D eigenvalue weighted by Gasteiger charge is 2.34. The first kappa shape index (κ1) is 23.7. The van der Waals surface area contributed by atoms with Crippen molar-refractivity contribution in [1.29, 1.82) is 0 Å². The Bertz CT molecular complexity index is 1080. The number of Topliss-reactive ketones (excluding diaryl/α,β-unsaturated/α-hetero) is 1. The number of carbonyl (C=O) groups is 3. The second-order valence-electron chi connectivity index (χ2n) is 9.00. The Morgan fingerprint density at radius 3 is 2.35 bits per heavy atom. The molecule has 0 spiro atoms. The normalized spacial score (nSPS) is 16.8. The van der Waals surface area contributed by atoms with E-state index in [0.29, 0.717) is 56.2 Å². The number of benzene rings is 2. The number of halogens is 1. The van der Waals surface area contributed by atoms with Crippen LogP contribution in [-0.2, 0) is 4.79 Å². The van der Waals surface area contributed by atoms with Crippen LogP contribution in [0.2, 0.25) is 0 Å². The Kier molecular flexibility index (Phi) is 7.14. The molecule has 2 aliphatic heterocycles. The van der Waals surface area contributed by atoms with Gasteiger partial charge in [0, 0.05) is 24.6 Å². The molecule has 1 unspecified atom stereocenters. The van der Waals surface area contributed by atoms with Gasteiger partial charge in [0.1, 0.15) is 25.1 Å². The summed E-state index contributed by atoms with van der Waals surface area (Å²) in [5.74, 6) is -0.600. The van der Waals surface area contributed by atoms with Gasteiger partial charge in [-0.2, -0.15) is 0 Å². The van der Waals surface area contributed by atoms with Gasteiger partial charge in [-0.25, -0.2) is 4.39 Å². The molecule has 0 aliphatic carbocycles. The number of likely N-dealkylation sites (tertiary alicyclic amines) is 1. The molecule has 1 atom stereocenters. The molecule has 0 aromatic heterocycles. The number of nitrogens with zero attached hydrogens (tertiary/aromatic N) is 1. The average molecular weight is 469 g/mol. The molecule has 2 aliphatic rings. The number of carbonyl (C=O) groups excluding carboxylic acids is 3. The van der Waals surface area contributed by atoms with Gasteiger partial charge in [-0.15, -0.1) is 0 Å². The van der Waals surface area contributed by atoms with Crippen LogP contribution in [0.25, 0.3) is 0 Å². The Labute approximate surface area is 198 Å². The fraction of sp³-hybridized carbons (Fsp3) is 0.423. The zero-order valence-electron chi connectivity index (χ0n) is 19.4. The average Bonchev–Trinajstić information content (AvgIpc) is 2.86. The minimum Gasteiger partial charge on any atom is -0.486 e. The first-order valence-electron chi connectivity index (χ1n) is 11.6. The van der Waals surface area contributed by atoms with Crippen LogP contribution >= 0.6 is 0 Å². The lowest BCUT2D eigenvalue weighted by Gasteiger charge is -2.35. The summed E-state index contributed by atoms with van der Waals surface area (Å²) in [5, 5.41) is 2.70. The second kappa shape index (κ2) is 10.2. The lowest BCUT2D eigenvalue weighted by molar-refractivity contribution is -0.135. The number of hydrogen-bond donors (Lipinski definition) is 1. The van der Waals surface area contributed by atoms with Crippen molar-refractivity contribution in [2.75, 3.05) is 26.3 Å². The molecule has 1 saturated heterocycles. The number of rotatable bonds is 6. The van der Waals surface area contributed by atoms with Crippen molar-refractivity contribution in [3.05, 3.63) is 59.4 Å². The van der Waals surface area contributed by atoms with Gasteiger partial charge in [0.2, 0.25) is 5.91 Å². The Hall–Kier alpha value is -3.42. The Morgan fingerprint density at radius 1 is 1.00 bits per heavy atom. The highest BCUT2D eigenvalue weighted by molar-refractivity contribution is 5.99. The lowest BCUT2D eigenvalue weighted by Crippen LogP contribution is -2.53. The Morgan fingerprint density at radius 2 is 1.68 bits per heavy atom. The van der Waals surface area contributed by atoms with Crippen molar-refractivity contribution in [2.45, 2.75) is 32.7 Å². The smallest absolute Gasteiger partial charge is 0.254 e. The molecule has 1 fully saturated rings. The van der Waals surface area contributed by atoms with Crippen LogP contribution in [0.5, 0.6) is 11.5 Å². The molecule has 180 valence electrons. The maximum atomic E-state index is 14.0. The molecule has 2 amide bonds. The maximum Gasteiger partial charge on any atom is 0.254 e. The van der Waals surface area contributed by atoms with E-state index in [1.54, 1.807) is 29.2 Å². The van der Waals surface area contributed by atoms with Crippen LogP contribution < -0.4 is 14.8 Å². The fourth-order valence-corrected chi connectivity index (χ4v) is 4.37. The van der Waals surface area contributed by atoms with Gasteiger partial charge in [-0.3, -0.25) is 14.4 Å². The molecule has 34 heavy (non-hydrogen) atoms. The molecule has 2 aromatic carbocycles. The molecule has 2 heterocycles. The number of ether oxygens (including phenoxy) is 2. The zero-order chi connectivity index (χ0) is 24.2. The van der Waals surface area contributed by atoms with Gasteiger partial charge in [-0.05, 0) is 49.1 Å². The van der Waals surface area contributed by atoms with Crippen LogP contribution in [0.15, 0.2) is 42.5 Å². The minimum atomic E-state index is -0.780. The van der Waals surface area contributed by atoms with Crippen molar-refractivity contribution in [2.24, 2.45) is 11.8 Å². The summed E-state index contributed by atoms with van der Waals surface area (Å²) in [5.41, 5.74) is 0.482. The third-order valence-electron chi connectivity index (χ3n) is 6.34. The van der Waals surface area contributed by atoms with E-state index in [-0.39, 0.29) is 29.1 Å². The molecule has 8 heteroatoms. The molecule has 1 N–H and O–H groups in total. The van der Waals surface area contributed by atoms with Crippen molar-refractivity contribution < 1.29 is 28.2 Å². The van der Waals surface area contributed by atoms with Gasteiger partial charge >= 0.3 is 0 Å². The summed E-state index contributed by atoms with van der Waals surface area (Å²) >= 11 is 0. The highest BCUT2D eigenvalue weighted by atomic mass is 19.1. The SMILES string of the molecule is CC(C)C(NC(=O)c1ccccc1F)C(=O)N1CCC(C(=O)c2ccc3c(c2)OCCO3)CC1. The van der Waals surface area contributed by atoms with Crippen molar-refractivity contribution in [1.82, 2.24) is 10.2 Å². The van der Waals surface area contributed by atoms with Crippen molar-refractivity contribution in [3.63, 3.8) is 0 Å². The number of piperidine rings is 1. The standard InChI is InChI=1S/C26H29FN2O5/c1-16(2)23(28-25(31)19-5-3-4-6-20(19)27)26(32)29-11-9-17(10-12-29)24(30)18-7-8-21-22(15-18)34-14-13-33-21/h3-8,15-17,23H,9-14H2,1-2H3,(H,28,31). The zero-order valence-corrected chi connectivity index (χ0v) is 19.4. The number of amides is 2. The maximum absolute atomic E-state index is 14.0. The van der Waals surface area contributed by atoms with E-state index in [1.807, 2.05) is 13.8 Å². The first-order chi connectivity index (χ1) is 16.3. The van der Waals surface area contributed by atoms with Crippen molar-refractivity contribution in [3.8, 4) is 11.5 Å². The van der Waals surface area contributed by atoms with Gasteiger partial charge in [0.05, 0.1) is 5.56 Å². The van der Waals surface area contributed by atoms with E-state index in [2.05, 4.69) is 5.32 Å². The summed E-state index contributed by atoms with van der Waals surface area (Å²) in [6, 6.07) is 10.1. The fourth-order valence-electron chi connectivity index (χ4n) is 4.37. The van der Waals surface area contributed by atoms with Crippen LogP contribution in [0.3, 0.4) is 0 Å². The van der Waals surface area contributed by atoms with E-state index < -0.39 is 17.8 Å². The predicted molar refractivity (Wildman–Crippen MR) is 124 cm³/mol. The quantitative estimate of drug-likeness (QED) is 0.657. The molecular formula is C26H29FN2O5. The molecule has 2 aromatic rings. The van der Waals surface area contributed by atoms with Crippen LogP contribution in [-0.4, -0.2) is 54.8 Å². The molecular weight excluding hydrogens is 439 g/mol. The highest BCUT2D eigenvalue weighted by Crippen LogP contribution is 2.32. The summed E-state index contributed by atoms with van der Waals surface area (Å²) in [6.45, 7) is 5.45. The van der Waals surface area contributed by atoms with Gasteiger partial charge in [0.25, 0.3) is 5.91 Å². The largest absolute Gasteiger partial charge is 0.486 e. The predicted octanol–water partition coefficient (Wildman–Crippen LogP) is 3.47. The number of fused-ring (bicyclic) bond motifs is 1. The van der Waals surface area contributed by atoms with E-state index in [1.165, 1.54) is 18.2 Å². The lowest BCUT2D eigenvalue weighted by atomic mass is 9.88. The van der Waals surface area contributed by atoms with Gasteiger partial charge in [-0.1, -0.05) is 26.0 Å². The summed E-state index contributed by atoms with van der Waals surface area (Å²) in [6.07, 6.45) is 1.07. The van der Waals surface area contributed by atoms with Crippen LogP contribution in [0.1, 0.15) is 47.4 Å². The van der Waals surface area contributed by atoms with E-state index in [9.17, 15) is 18.8 Å². The summed E-state index contributed by atoms with van der Waals surface area (Å²) < 4.78 is 25.1.